The Balaban J connectivity index is 4.44. The van der Waals surface area contributed by atoms with E-state index in [4.69, 9.17) is 5.11 Å². The third-order valence-electron chi connectivity index (χ3n) is 0.983. The van der Waals surface area contributed by atoms with Gasteiger partial charge in [0, 0.05) is 0 Å². The normalized spacial score (nSPS) is 10.9. The monoisotopic (exact) mass is 156 g/mol. The van der Waals surface area contributed by atoms with Crippen molar-refractivity contribution in [3.05, 3.63) is 36.2 Å². The lowest BCUT2D eigenvalue weighted by Crippen LogP contribution is -1.96. The van der Waals surface area contributed by atoms with Gasteiger partial charge in [-0.2, -0.15) is 0 Å². The van der Waals surface area contributed by atoms with Gasteiger partial charge in [0.15, 0.2) is 0 Å². The van der Waals surface area contributed by atoms with Gasteiger partial charge < -0.3 is 5.11 Å². The molecule has 0 aromatic rings. The van der Waals surface area contributed by atoms with Crippen molar-refractivity contribution in [1.29, 1.82) is 0 Å². The Hall–Kier alpha value is -1.38. The van der Waals surface area contributed by atoms with E-state index < -0.39 is 11.8 Å². The van der Waals surface area contributed by atoms with E-state index in [0.29, 0.717) is 0 Å². The maximum absolute atomic E-state index is 12.6. The second-order valence-electron chi connectivity index (χ2n) is 2.10. The fourth-order valence-electron chi connectivity index (χ4n) is 0.338. The van der Waals surface area contributed by atoms with Gasteiger partial charge in [-0.25, -0.2) is 9.18 Å². The lowest BCUT2D eigenvalue weighted by molar-refractivity contribution is -0.132. The van der Waals surface area contributed by atoms with E-state index in [2.05, 4.69) is 13.2 Å². The molecule has 0 unspecified atom stereocenters. The van der Waals surface area contributed by atoms with E-state index in [1.165, 1.54) is 6.92 Å². The van der Waals surface area contributed by atoms with Gasteiger partial charge >= 0.3 is 5.97 Å². The second kappa shape index (κ2) is 3.71. The minimum Gasteiger partial charge on any atom is -0.478 e. The van der Waals surface area contributed by atoms with Crippen molar-refractivity contribution in [2.45, 2.75) is 6.92 Å². The molecule has 0 atom stereocenters. The minimum absolute atomic E-state index is 0.187. The summed E-state index contributed by atoms with van der Waals surface area (Å²) in [6.45, 7) is 7.86. The highest BCUT2D eigenvalue weighted by Gasteiger charge is 2.02. The predicted molar refractivity (Wildman–Crippen MR) is 40.8 cm³/mol. The van der Waals surface area contributed by atoms with Crippen molar-refractivity contribution in [2.75, 3.05) is 0 Å². The Morgan fingerprint density at radius 1 is 1.55 bits per heavy atom. The van der Waals surface area contributed by atoms with Gasteiger partial charge in [0.05, 0.1) is 5.57 Å². The van der Waals surface area contributed by atoms with Crippen LogP contribution in [0.5, 0.6) is 0 Å². The molecule has 0 amide bonds. The van der Waals surface area contributed by atoms with Gasteiger partial charge in [0.1, 0.15) is 5.83 Å². The van der Waals surface area contributed by atoms with Gasteiger partial charge in [-0.3, -0.25) is 0 Å². The molecule has 0 aromatic heterocycles. The summed E-state index contributed by atoms with van der Waals surface area (Å²) < 4.78 is 12.6. The third-order valence-corrected chi connectivity index (χ3v) is 0.983. The van der Waals surface area contributed by atoms with Crippen LogP contribution in [0.25, 0.3) is 0 Å². The first-order valence-electron chi connectivity index (χ1n) is 2.90. The molecule has 0 aliphatic carbocycles. The van der Waals surface area contributed by atoms with Crippen molar-refractivity contribution < 1.29 is 14.3 Å². The summed E-state index contributed by atoms with van der Waals surface area (Å²) in [5.74, 6) is -1.89. The molecule has 0 aliphatic heterocycles. The van der Waals surface area contributed by atoms with E-state index in [1.54, 1.807) is 0 Å². The van der Waals surface area contributed by atoms with Crippen LogP contribution >= 0.6 is 0 Å². The van der Waals surface area contributed by atoms with E-state index in [9.17, 15) is 9.18 Å². The summed E-state index contributed by atoms with van der Waals surface area (Å²) in [6.07, 6.45) is 0.838. The first-order valence-corrected chi connectivity index (χ1v) is 2.90. The number of aliphatic carboxylic acids is 1. The highest BCUT2D eigenvalue weighted by Crippen LogP contribution is 2.10. The first-order chi connectivity index (χ1) is 4.95. The summed E-state index contributed by atoms with van der Waals surface area (Å²) in [5, 5.41) is 8.27. The Kier molecular flexibility index (Phi) is 3.24. The van der Waals surface area contributed by atoms with Crippen LogP contribution in [0.2, 0.25) is 0 Å². The van der Waals surface area contributed by atoms with Crippen molar-refractivity contribution in [1.82, 2.24) is 0 Å². The maximum atomic E-state index is 12.6. The van der Waals surface area contributed by atoms with Crippen molar-refractivity contribution in [3.63, 3.8) is 0 Å². The lowest BCUT2D eigenvalue weighted by Gasteiger charge is -1.93. The number of hydrogen-bond acceptors (Lipinski definition) is 1. The minimum atomic E-state index is -1.23. The topological polar surface area (TPSA) is 37.3 Å². The first kappa shape index (κ1) is 9.62. The Labute approximate surface area is 64.3 Å². The highest BCUT2D eigenvalue weighted by atomic mass is 19.1. The molecule has 0 bridgehead atoms. The van der Waals surface area contributed by atoms with Crippen LogP contribution in [0, 0.1) is 0 Å². The number of carboxylic acid groups (broad SMARTS) is 1. The number of halogens is 1. The molecule has 1 N–H and O–H groups in total. The van der Waals surface area contributed by atoms with Gasteiger partial charge in [-0.05, 0) is 18.6 Å². The molecule has 0 saturated heterocycles. The fourth-order valence-corrected chi connectivity index (χ4v) is 0.338. The second-order valence-corrected chi connectivity index (χ2v) is 2.10. The average molecular weight is 156 g/mol. The van der Waals surface area contributed by atoms with Gasteiger partial charge in [0.25, 0.3) is 0 Å². The van der Waals surface area contributed by atoms with Crippen LogP contribution < -0.4 is 0 Å². The van der Waals surface area contributed by atoms with Crippen molar-refractivity contribution in [3.8, 4) is 0 Å². The van der Waals surface area contributed by atoms with Crippen LogP contribution in [0.4, 0.5) is 4.39 Å². The zero-order valence-corrected chi connectivity index (χ0v) is 6.22. The molecule has 60 valence electrons. The Morgan fingerprint density at radius 3 is 2.27 bits per heavy atom. The predicted octanol–water partition coefficient (Wildman–Crippen LogP) is 2.06. The standard InChI is InChI=1S/C8H9FO2/c1-5(2)7(9)4-6(3)8(10)11/h4H,1,3H2,2H3,(H,10,11)/b7-4+. The summed E-state index contributed by atoms with van der Waals surface area (Å²) in [4.78, 5) is 10.1. The van der Waals surface area contributed by atoms with Crippen LogP contribution in [-0.2, 0) is 4.79 Å². The maximum Gasteiger partial charge on any atom is 0.335 e. The van der Waals surface area contributed by atoms with Crippen molar-refractivity contribution >= 4 is 5.97 Å². The summed E-state index contributed by atoms with van der Waals surface area (Å²) in [5.41, 5.74) is -0.0992. The molecule has 3 heteroatoms. The SMILES string of the molecule is C=C(/C=C(/F)C(=C)C)C(=O)O. The zero-order valence-electron chi connectivity index (χ0n) is 6.22. The molecule has 0 saturated carbocycles. The molecular weight excluding hydrogens is 147 g/mol. The van der Waals surface area contributed by atoms with E-state index in [1.807, 2.05) is 0 Å². The Morgan fingerprint density at radius 2 is 2.00 bits per heavy atom. The fraction of sp³-hybridized carbons (Fsp3) is 0.125. The molecular formula is C8H9FO2. The van der Waals surface area contributed by atoms with E-state index in [0.717, 1.165) is 6.08 Å². The number of allylic oxidation sites excluding steroid dienone is 2. The van der Waals surface area contributed by atoms with Gasteiger partial charge in [0.2, 0.25) is 0 Å². The summed E-state index contributed by atoms with van der Waals surface area (Å²) >= 11 is 0. The summed E-state index contributed by atoms with van der Waals surface area (Å²) in [7, 11) is 0. The molecule has 11 heavy (non-hydrogen) atoms. The smallest absolute Gasteiger partial charge is 0.335 e. The van der Waals surface area contributed by atoms with Crippen LogP contribution in [-0.4, -0.2) is 11.1 Å². The molecule has 0 radical (unpaired) electrons. The zero-order chi connectivity index (χ0) is 9.02. The third kappa shape index (κ3) is 3.35. The van der Waals surface area contributed by atoms with E-state index in [-0.39, 0.29) is 11.1 Å². The molecule has 0 aromatic carbocycles. The van der Waals surface area contributed by atoms with Gasteiger partial charge in [-0.15, -0.1) is 0 Å². The molecule has 0 fully saturated rings. The number of rotatable bonds is 3. The molecule has 0 heterocycles. The van der Waals surface area contributed by atoms with E-state index >= 15 is 0 Å². The van der Waals surface area contributed by atoms with Crippen LogP contribution in [0.3, 0.4) is 0 Å². The average Bonchev–Trinajstić information content (AvgIpc) is 1.87. The Bertz CT molecular complexity index is 238. The largest absolute Gasteiger partial charge is 0.478 e. The van der Waals surface area contributed by atoms with Crippen LogP contribution in [0.1, 0.15) is 6.92 Å². The number of hydrogen-bond donors (Lipinski definition) is 1. The lowest BCUT2D eigenvalue weighted by atomic mass is 10.2. The van der Waals surface area contributed by atoms with Gasteiger partial charge in [-0.1, -0.05) is 13.2 Å². The quantitative estimate of drug-likeness (QED) is 0.501. The molecule has 0 aliphatic rings. The molecule has 0 spiro atoms. The molecule has 0 rings (SSSR count). The number of carboxylic acids is 1. The highest BCUT2D eigenvalue weighted by molar-refractivity contribution is 5.89. The van der Waals surface area contributed by atoms with Crippen LogP contribution in [0.15, 0.2) is 36.2 Å². The molecule has 2 nitrogen and oxygen atoms in total. The van der Waals surface area contributed by atoms with Crippen molar-refractivity contribution in [2.24, 2.45) is 0 Å². The number of carbonyl (C=O) groups is 1. The summed E-state index contributed by atoms with van der Waals surface area (Å²) in [6, 6.07) is 0.